The van der Waals surface area contributed by atoms with E-state index < -0.39 is 0 Å². The topological polar surface area (TPSA) is 92.7 Å². The molecule has 1 aromatic carbocycles. The van der Waals surface area contributed by atoms with Crippen LogP contribution in [-0.4, -0.2) is 37.4 Å². The van der Waals surface area contributed by atoms with E-state index in [-0.39, 0.29) is 24.1 Å². The zero-order valence-electron chi connectivity index (χ0n) is 17.8. The van der Waals surface area contributed by atoms with E-state index in [2.05, 4.69) is 20.3 Å². The van der Waals surface area contributed by atoms with E-state index in [9.17, 15) is 9.59 Å². The van der Waals surface area contributed by atoms with Crippen molar-refractivity contribution < 1.29 is 4.79 Å². The van der Waals surface area contributed by atoms with Gasteiger partial charge in [-0.15, -0.1) is 22.7 Å². The van der Waals surface area contributed by atoms with E-state index in [1.165, 1.54) is 22.2 Å². The predicted molar refractivity (Wildman–Crippen MR) is 137 cm³/mol. The molecule has 4 aromatic heterocycles. The van der Waals surface area contributed by atoms with Gasteiger partial charge in [-0.3, -0.25) is 14.2 Å². The van der Waals surface area contributed by atoms with Crippen molar-refractivity contribution >= 4 is 61.6 Å². The molecule has 0 saturated carbocycles. The SMILES string of the molecule is CSCCC(NC(=O)Cn1cnc2scc(-c3cccs3)c2c1=O)c1nc2ccccc2[nH]1. The average molecular weight is 496 g/mol. The number of aromatic nitrogens is 4. The van der Waals surface area contributed by atoms with Crippen molar-refractivity contribution in [2.24, 2.45) is 0 Å². The molecule has 0 saturated heterocycles. The summed E-state index contributed by atoms with van der Waals surface area (Å²) in [6.07, 6.45) is 4.22. The van der Waals surface area contributed by atoms with Crippen LogP contribution in [0.1, 0.15) is 18.3 Å². The Morgan fingerprint density at radius 1 is 1.24 bits per heavy atom. The standard InChI is InChI=1S/C23H21N5O2S3/c1-31-10-8-17(21-26-15-5-2-3-6-16(15)27-21)25-19(29)11-28-13-24-22-20(23(28)30)14(12-33-22)18-7-4-9-32-18/h2-7,9,12-13,17H,8,10-11H2,1H3,(H,25,29)(H,26,27). The number of nitrogens with one attached hydrogen (secondary N) is 2. The van der Waals surface area contributed by atoms with Gasteiger partial charge in [0, 0.05) is 15.8 Å². The van der Waals surface area contributed by atoms with E-state index in [1.807, 2.05) is 53.4 Å². The van der Waals surface area contributed by atoms with Crippen molar-refractivity contribution in [2.45, 2.75) is 19.0 Å². The summed E-state index contributed by atoms with van der Waals surface area (Å²) in [5.74, 6) is 1.34. The van der Waals surface area contributed by atoms with Gasteiger partial charge in [0.15, 0.2) is 0 Å². The van der Waals surface area contributed by atoms with Crippen LogP contribution in [0.5, 0.6) is 0 Å². The van der Waals surface area contributed by atoms with Gasteiger partial charge in [-0.1, -0.05) is 18.2 Å². The number of thiophene rings is 2. The highest BCUT2D eigenvalue weighted by molar-refractivity contribution is 7.98. The first-order chi connectivity index (χ1) is 16.1. The number of carbonyl (C=O) groups is 1. The fraction of sp³-hybridized carbons (Fsp3) is 0.217. The number of carbonyl (C=O) groups excluding carboxylic acids is 1. The van der Waals surface area contributed by atoms with Crippen molar-refractivity contribution in [3.63, 3.8) is 0 Å². The Bertz CT molecular complexity index is 1440. The third kappa shape index (κ3) is 4.46. The zero-order valence-corrected chi connectivity index (χ0v) is 20.2. The molecule has 0 bridgehead atoms. The fourth-order valence-corrected chi connectivity index (χ4v) is 5.93. The van der Waals surface area contributed by atoms with Gasteiger partial charge in [-0.25, -0.2) is 9.97 Å². The molecular formula is C23H21N5O2S3. The van der Waals surface area contributed by atoms with Crippen molar-refractivity contribution in [1.82, 2.24) is 24.8 Å². The van der Waals surface area contributed by atoms with Crippen LogP contribution in [0.15, 0.2) is 58.3 Å². The number of nitrogens with zero attached hydrogens (tertiary/aromatic N) is 3. The second-order valence-electron chi connectivity index (χ2n) is 7.53. The molecule has 2 N–H and O–H groups in total. The van der Waals surface area contributed by atoms with E-state index >= 15 is 0 Å². The van der Waals surface area contributed by atoms with Crippen LogP contribution in [0.4, 0.5) is 0 Å². The summed E-state index contributed by atoms with van der Waals surface area (Å²) in [5, 5.41) is 7.56. The first-order valence-electron chi connectivity index (χ1n) is 10.4. The molecule has 1 amide bonds. The quantitative estimate of drug-likeness (QED) is 0.326. The third-order valence-electron chi connectivity index (χ3n) is 5.34. The first kappa shape index (κ1) is 21.9. The Morgan fingerprint density at radius 3 is 2.91 bits per heavy atom. The second-order valence-corrected chi connectivity index (χ2v) is 10.3. The summed E-state index contributed by atoms with van der Waals surface area (Å²) in [6, 6.07) is 11.5. The Labute approximate surface area is 201 Å². The van der Waals surface area contributed by atoms with Gasteiger partial charge >= 0.3 is 0 Å². The number of hydrogen-bond acceptors (Lipinski definition) is 7. The highest BCUT2D eigenvalue weighted by Crippen LogP contribution is 2.33. The minimum atomic E-state index is -0.271. The predicted octanol–water partition coefficient (Wildman–Crippen LogP) is 4.67. The number of H-pyrrole nitrogens is 1. The normalized spacial score (nSPS) is 12.4. The number of aromatic amines is 1. The van der Waals surface area contributed by atoms with Crippen LogP contribution in [-0.2, 0) is 11.3 Å². The molecule has 33 heavy (non-hydrogen) atoms. The highest BCUT2D eigenvalue weighted by Gasteiger charge is 2.20. The number of amides is 1. The summed E-state index contributed by atoms with van der Waals surface area (Å²) in [6.45, 7) is -0.0997. The van der Waals surface area contributed by atoms with Gasteiger partial charge in [0.25, 0.3) is 5.56 Å². The summed E-state index contributed by atoms with van der Waals surface area (Å²) in [5.41, 5.74) is 2.46. The molecule has 5 aromatic rings. The second kappa shape index (κ2) is 9.50. The number of rotatable bonds is 8. The highest BCUT2D eigenvalue weighted by atomic mass is 32.2. The molecule has 0 fully saturated rings. The molecule has 0 aliphatic heterocycles. The first-order valence-corrected chi connectivity index (χ1v) is 13.5. The largest absolute Gasteiger partial charge is 0.345 e. The molecule has 4 heterocycles. The van der Waals surface area contributed by atoms with Crippen LogP contribution in [0.3, 0.4) is 0 Å². The number of para-hydroxylation sites is 2. The molecule has 0 spiro atoms. The molecular weight excluding hydrogens is 474 g/mol. The molecule has 0 radical (unpaired) electrons. The smallest absolute Gasteiger partial charge is 0.263 e. The van der Waals surface area contributed by atoms with Crippen LogP contribution in [0.2, 0.25) is 0 Å². The van der Waals surface area contributed by atoms with Gasteiger partial charge in [-0.05, 0) is 42.0 Å². The lowest BCUT2D eigenvalue weighted by Gasteiger charge is -2.17. The maximum Gasteiger partial charge on any atom is 0.263 e. The van der Waals surface area contributed by atoms with E-state index in [0.29, 0.717) is 10.2 Å². The number of benzene rings is 1. The average Bonchev–Trinajstić information content (AvgIpc) is 3.57. The number of fused-ring (bicyclic) bond motifs is 2. The number of thioether (sulfide) groups is 1. The van der Waals surface area contributed by atoms with E-state index in [4.69, 9.17) is 0 Å². The minimum Gasteiger partial charge on any atom is -0.345 e. The van der Waals surface area contributed by atoms with Crippen molar-refractivity contribution in [3.05, 3.63) is 69.7 Å². The maximum absolute atomic E-state index is 13.2. The van der Waals surface area contributed by atoms with Gasteiger partial charge in [0.1, 0.15) is 17.2 Å². The summed E-state index contributed by atoms with van der Waals surface area (Å²) >= 11 is 4.73. The lowest BCUT2D eigenvalue weighted by molar-refractivity contribution is -0.122. The zero-order chi connectivity index (χ0) is 22.8. The Balaban J connectivity index is 1.40. The monoisotopic (exact) mass is 495 g/mol. The number of imidazole rings is 1. The van der Waals surface area contributed by atoms with Crippen molar-refractivity contribution in [2.75, 3.05) is 12.0 Å². The molecule has 1 atom stereocenters. The minimum absolute atomic E-state index is 0.0997. The van der Waals surface area contributed by atoms with Crippen LogP contribution < -0.4 is 10.9 Å². The Kier molecular flexibility index (Phi) is 6.30. The van der Waals surface area contributed by atoms with Gasteiger partial charge < -0.3 is 10.3 Å². The molecule has 1 unspecified atom stereocenters. The summed E-state index contributed by atoms with van der Waals surface area (Å²) in [7, 11) is 0. The van der Waals surface area contributed by atoms with Gasteiger partial charge in [0.2, 0.25) is 5.91 Å². The number of hydrogen-bond donors (Lipinski definition) is 2. The summed E-state index contributed by atoms with van der Waals surface area (Å²) < 4.78 is 1.38. The molecule has 168 valence electrons. The van der Waals surface area contributed by atoms with Crippen molar-refractivity contribution in [3.8, 4) is 10.4 Å². The van der Waals surface area contributed by atoms with E-state index in [0.717, 1.165) is 39.5 Å². The summed E-state index contributed by atoms with van der Waals surface area (Å²) in [4.78, 5) is 40.3. The van der Waals surface area contributed by atoms with Crippen molar-refractivity contribution in [1.29, 1.82) is 0 Å². The maximum atomic E-state index is 13.2. The Morgan fingerprint density at radius 2 is 2.12 bits per heavy atom. The molecule has 0 aliphatic rings. The van der Waals surface area contributed by atoms with Crippen LogP contribution >= 0.6 is 34.4 Å². The molecule has 7 nitrogen and oxygen atoms in total. The van der Waals surface area contributed by atoms with Gasteiger partial charge in [0.05, 0.1) is 28.8 Å². The lowest BCUT2D eigenvalue weighted by atomic mass is 10.2. The third-order valence-corrected chi connectivity index (χ3v) is 7.78. The van der Waals surface area contributed by atoms with E-state index in [1.54, 1.807) is 23.1 Å². The lowest BCUT2D eigenvalue weighted by Crippen LogP contribution is -2.35. The Hall–Kier alpha value is -2.95. The molecule has 10 heteroatoms. The van der Waals surface area contributed by atoms with Gasteiger partial charge in [-0.2, -0.15) is 11.8 Å². The molecule has 5 rings (SSSR count). The van der Waals surface area contributed by atoms with Crippen LogP contribution in [0.25, 0.3) is 31.7 Å². The molecule has 0 aliphatic carbocycles. The van der Waals surface area contributed by atoms with Crippen LogP contribution in [0, 0.1) is 0 Å². The fourth-order valence-electron chi connectivity index (χ4n) is 3.74.